The van der Waals surface area contributed by atoms with Crippen LogP contribution in [0.15, 0.2) is 18.5 Å². The van der Waals surface area contributed by atoms with E-state index in [0.29, 0.717) is 25.4 Å². The van der Waals surface area contributed by atoms with E-state index in [9.17, 15) is 9.59 Å². The van der Waals surface area contributed by atoms with Gasteiger partial charge in [-0.2, -0.15) is 0 Å². The molecule has 2 amide bonds. The lowest BCUT2D eigenvalue weighted by Crippen LogP contribution is -2.52. The number of hydrogen-bond donors (Lipinski definition) is 0. The summed E-state index contributed by atoms with van der Waals surface area (Å²) in [6.07, 6.45) is 11.1. The predicted octanol–water partition coefficient (Wildman–Crippen LogP) is 2.48. The summed E-state index contributed by atoms with van der Waals surface area (Å²) in [5.74, 6) is 0.933. The first kappa shape index (κ1) is 20.3. The van der Waals surface area contributed by atoms with E-state index in [1.54, 1.807) is 12.4 Å². The average molecular weight is 400 g/mol. The summed E-state index contributed by atoms with van der Waals surface area (Å²) in [6, 6.07) is 2.28. The van der Waals surface area contributed by atoms with E-state index in [1.165, 1.54) is 17.7 Å². The molecule has 158 valence electrons. The van der Waals surface area contributed by atoms with Gasteiger partial charge in [-0.1, -0.05) is 12.8 Å². The first-order valence-corrected chi connectivity index (χ1v) is 11.2. The van der Waals surface area contributed by atoms with Crippen molar-refractivity contribution in [2.75, 3.05) is 37.6 Å². The molecule has 1 spiro atoms. The lowest BCUT2D eigenvalue weighted by Gasteiger charge is -2.40. The van der Waals surface area contributed by atoms with Gasteiger partial charge in [0.2, 0.25) is 17.8 Å². The van der Waals surface area contributed by atoms with E-state index >= 15 is 0 Å². The third kappa shape index (κ3) is 4.60. The molecule has 7 nitrogen and oxygen atoms in total. The molecule has 3 aliphatic rings. The van der Waals surface area contributed by atoms with Crippen molar-refractivity contribution in [1.82, 2.24) is 19.8 Å². The second-order valence-corrected chi connectivity index (χ2v) is 9.09. The van der Waals surface area contributed by atoms with Gasteiger partial charge in [-0.15, -0.1) is 0 Å². The molecule has 7 heteroatoms. The molecule has 4 rings (SSSR count). The molecule has 3 fully saturated rings. The number of piperidine rings is 1. The monoisotopic (exact) mass is 399 g/mol. The molecule has 3 heterocycles. The Bertz CT molecular complexity index is 699. The molecule has 0 radical (unpaired) electrons. The van der Waals surface area contributed by atoms with Crippen LogP contribution in [0.1, 0.15) is 58.3 Å². The number of unbranched alkanes of at least 4 members (excludes halogenated alkanes) is 1. The van der Waals surface area contributed by atoms with Crippen LogP contribution in [-0.4, -0.2) is 70.3 Å². The molecule has 0 bridgehead atoms. The largest absolute Gasteiger partial charge is 0.338 e. The minimum Gasteiger partial charge on any atom is -0.338 e. The number of anilines is 1. The summed E-state index contributed by atoms with van der Waals surface area (Å²) in [6.45, 7) is 6.68. The van der Waals surface area contributed by atoms with Crippen molar-refractivity contribution in [1.29, 1.82) is 0 Å². The molecule has 29 heavy (non-hydrogen) atoms. The summed E-state index contributed by atoms with van der Waals surface area (Å²) in [4.78, 5) is 40.1. The van der Waals surface area contributed by atoms with Crippen molar-refractivity contribution in [2.24, 2.45) is 5.41 Å². The highest BCUT2D eigenvalue weighted by Gasteiger charge is 2.44. The van der Waals surface area contributed by atoms with Crippen LogP contribution in [0.4, 0.5) is 5.95 Å². The van der Waals surface area contributed by atoms with Crippen LogP contribution in [0.3, 0.4) is 0 Å². The third-order valence-electron chi connectivity index (χ3n) is 7.00. The number of nitrogens with zero attached hydrogens (tertiary/aromatic N) is 5. The van der Waals surface area contributed by atoms with Gasteiger partial charge in [0, 0.05) is 57.5 Å². The quantitative estimate of drug-likeness (QED) is 0.541. The number of hydrogen-bond acceptors (Lipinski definition) is 6. The van der Waals surface area contributed by atoms with Crippen LogP contribution < -0.4 is 4.90 Å². The van der Waals surface area contributed by atoms with Crippen LogP contribution in [-0.2, 0) is 9.59 Å². The molecule has 2 aliphatic heterocycles. The van der Waals surface area contributed by atoms with Crippen LogP contribution in [0, 0.1) is 5.41 Å². The Labute approximate surface area is 173 Å². The molecule has 1 saturated carbocycles. The standard InChI is InChI=1S/C22H33N5O2/c1-18-17-26(21-23-9-6-10-24-21)14-13-25(18)11-4-5-12-27-19(28)15-22(16-20(27)29)7-2-3-8-22/h6,9-10,18H,2-5,7-8,11-17H2,1H3. The Morgan fingerprint density at radius 2 is 1.66 bits per heavy atom. The van der Waals surface area contributed by atoms with Gasteiger partial charge in [-0.05, 0) is 50.6 Å². The second-order valence-electron chi connectivity index (χ2n) is 9.09. The van der Waals surface area contributed by atoms with Crippen molar-refractivity contribution in [3.63, 3.8) is 0 Å². The summed E-state index contributed by atoms with van der Waals surface area (Å²) < 4.78 is 0. The maximum Gasteiger partial charge on any atom is 0.229 e. The van der Waals surface area contributed by atoms with Crippen LogP contribution >= 0.6 is 0 Å². The molecule has 0 N–H and O–H groups in total. The van der Waals surface area contributed by atoms with Gasteiger partial charge in [0.15, 0.2) is 0 Å². The van der Waals surface area contributed by atoms with Gasteiger partial charge in [-0.25, -0.2) is 9.97 Å². The van der Waals surface area contributed by atoms with Gasteiger partial charge < -0.3 is 4.90 Å². The van der Waals surface area contributed by atoms with Crippen LogP contribution in [0.5, 0.6) is 0 Å². The fraction of sp³-hybridized carbons (Fsp3) is 0.727. The zero-order chi connectivity index (χ0) is 20.3. The van der Waals surface area contributed by atoms with Crippen molar-refractivity contribution < 1.29 is 9.59 Å². The SMILES string of the molecule is CC1CN(c2ncccn2)CCN1CCCCN1C(=O)CC2(CCCC2)CC1=O. The van der Waals surface area contributed by atoms with Crippen molar-refractivity contribution in [2.45, 2.75) is 64.3 Å². The maximum atomic E-state index is 12.6. The average Bonchev–Trinajstić information content (AvgIpc) is 3.15. The van der Waals surface area contributed by atoms with E-state index in [4.69, 9.17) is 0 Å². The molecule has 2 saturated heterocycles. The number of imide groups is 1. The fourth-order valence-electron chi connectivity index (χ4n) is 5.31. The van der Waals surface area contributed by atoms with Crippen molar-refractivity contribution in [3.8, 4) is 0 Å². The van der Waals surface area contributed by atoms with Crippen LogP contribution in [0.2, 0.25) is 0 Å². The van der Waals surface area contributed by atoms with Crippen molar-refractivity contribution >= 4 is 17.8 Å². The highest BCUT2D eigenvalue weighted by atomic mass is 16.2. The number of likely N-dealkylation sites (tertiary alicyclic amines) is 1. The second kappa shape index (κ2) is 8.78. The van der Waals surface area contributed by atoms with E-state index < -0.39 is 0 Å². The first-order chi connectivity index (χ1) is 14.1. The molecule has 1 aromatic heterocycles. The number of piperazine rings is 1. The lowest BCUT2D eigenvalue weighted by atomic mass is 9.76. The Balaban J connectivity index is 1.19. The predicted molar refractivity (Wildman–Crippen MR) is 111 cm³/mol. The number of amides is 2. The fourth-order valence-corrected chi connectivity index (χ4v) is 5.31. The minimum absolute atomic E-state index is 0.00222. The van der Waals surface area contributed by atoms with Gasteiger partial charge in [0.25, 0.3) is 0 Å². The molecule has 1 unspecified atom stereocenters. The normalized spacial score (nSPS) is 25.2. The molecule has 1 aliphatic carbocycles. The maximum absolute atomic E-state index is 12.6. The first-order valence-electron chi connectivity index (χ1n) is 11.2. The zero-order valence-corrected chi connectivity index (χ0v) is 17.6. The van der Waals surface area contributed by atoms with Crippen LogP contribution in [0.25, 0.3) is 0 Å². The highest BCUT2D eigenvalue weighted by Crippen LogP contribution is 2.46. The van der Waals surface area contributed by atoms with Gasteiger partial charge in [0.1, 0.15) is 0 Å². The summed E-state index contributed by atoms with van der Waals surface area (Å²) in [5, 5.41) is 0. The Hall–Kier alpha value is -2.02. The number of aromatic nitrogens is 2. The van der Waals surface area contributed by atoms with Crippen molar-refractivity contribution in [3.05, 3.63) is 18.5 Å². The van der Waals surface area contributed by atoms with E-state index in [2.05, 4.69) is 26.7 Å². The summed E-state index contributed by atoms with van der Waals surface area (Å²) >= 11 is 0. The number of rotatable bonds is 6. The summed E-state index contributed by atoms with van der Waals surface area (Å²) in [7, 11) is 0. The van der Waals surface area contributed by atoms with E-state index in [0.717, 1.165) is 57.8 Å². The molecule has 0 aromatic carbocycles. The third-order valence-corrected chi connectivity index (χ3v) is 7.00. The summed E-state index contributed by atoms with van der Waals surface area (Å²) in [5.41, 5.74) is 0.00222. The molecule has 1 atom stereocenters. The van der Waals surface area contributed by atoms with Gasteiger partial charge in [0.05, 0.1) is 0 Å². The van der Waals surface area contributed by atoms with Gasteiger partial charge >= 0.3 is 0 Å². The van der Waals surface area contributed by atoms with E-state index in [1.807, 2.05) is 6.07 Å². The molecular formula is C22H33N5O2. The lowest BCUT2D eigenvalue weighted by molar-refractivity contribution is -0.153. The van der Waals surface area contributed by atoms with E-state index in [-0.39, 0.29) is 17.2 Å². The Morgan fingerprint density at radius 1 is 1.00 bits per heavy atom. The Kier molecular flexibility index (Phi) is 6.13. The number of carbonyl (C=O) groups excluding carboxylic acids is 2. The number of carbonyl (C=O) groups is 2. The smallest absolute Gasteiger partial charge is 0.229 e. The molecular weight excluding hydrogens is 366 g/mol. The minimum atomic E-state index is 0.00222. The highest BCUT2D eigenvalue weighted by molar-refractivity contribution is 5.98. The van der Waals surface area contributed by atoms with Gasteiger partial charge in [-0.3, -0.25) is 19.4 Å². The Morgan fingerprint density at radius 3 is 2.31 bits per heavy atom. The topological polar surface area (TPSA) is 69.6 Å². The molecule has 1 aromatic rings. The zero-order valence-electron chi connectivity index (χ0n) is 17.6.